The van der Waals surface area contributed by atoms with E-state index in [1.54, 1.807) is 23.5 Å². The molecule has 0 aliphatic rings. The Hall–Kier alpha value is -1.52. The van der Waals surface area contributed by atoms with E-state index in [-0.39, 0.29) is 0 Å². The molecule has 0 bridgehead atoms. The topological polar surface area (TPSA) is 15.8 Å². The van der Waals surface area contributed by atoms with Crippen molar-refractivity contribution in [3.05, 3.63) is 82.8 Å². The maximum absolute atomic E-state index is 6.01. The monoisotopic (exact) mass is 401 g/mol. The molecular weight excluding hydrogens is 389 g/mol. The van der Waals surface area contributed by atoms with Gasteiger partial charge in [0.2, 0.25) is 0 Å². The molecule has 1 heterocycles. The van der Waals surface area contributed by atoms with Crippen molar-refractivity contribution in [2.75, 3.05) is 0 Å². The van der Waals surface area contributed by atoms with Crippen molar-refractivity contribution < 1.29 is 0 Å². The first-order valence-electron chi connectivity index (χ1n) is 7.66. The summed E-state index contributed by atoms with van der Waals surface area (Å²) in [5.41, 5.74) is 1.13. The van der Waals surface area contributed by atoms with E-state index in [0.29, 0.717) is 0 Å². The van der Waals surface area contributed by atoms with Crippen LogP contribution in [0.15, 0.2) is 92.5 Å². The fourth-order valence-corrected chi connectivity index (χ4v) is 4.82. The highest BCUT2D eigenvalue weighted by atomic mass is 35.5. The Bertz CT molecular complexity index is 1010. The van der Waals surface area contributed by atoms with Gasteiger partial charge in [0.1, 0.15) is 0 Å². The zero-order valence-corrected chi connectivity index (χ0v) is 16.1. The van der Waals surface area contributed by atoms with Gasteiger partial charge < -0.3 is 4.98 Å². The van der Waals surface area contributed by atoms with Crippen LogP contribution in [-0.4, -0.2) is 4.98 Å². The average Bonchev–Trinajstić information content (AvgIpc) is 2.96. The molecule has 4 rings (SSSR count). The number of aromatic nitrogens is 1. The van der Waals surface area contributed by atoms with Crippen LogP contribution in [0.2, 0.25) is 10.0 Å². The Morgan fingerprint density at radius 3 is 1.84 bits per heavy atom. The van der Waals surface area contributed by atoms with Gasteiger partial charge in [0.15, 0.2) is 0 Å². The van der Waals surface area contributed by atoms with E-state index in [1.165, 1.54) is 10.3 Å². The van der Waals surface area contributed by atoms with Crippen LogP contribution in [0.3, 0.4) is 0 Å². The molecule has 0 aliphatic heterocycles. The summed E-state index contributed by atoms with van der Waals surface area (Å²) >= 11 is 15.5. The molecule has 0 spiro atoms. The number of halogens is 2. The first-order valence-corrected chi connectivity index (χ1v) is 10.1. The summed E-state index contributed by atoms with van der Waals surface area (Å²) in [4.78, 5) is 7.07. The lowest BCUT2D eigenvalue weighted by Crippen LogP contribution is -1.78. The summed E-state index contributed by atoms with van der Waals surface area (Å²) in [7, 11) is 0. The fraction of sp³-hybridized carbons (Fsp3) is 0. The lowest BCUT2D eigenvalue weighted by Gasteiger charge is -2.05. The molecule has 0 amide bonds. The highest BCUT2D eigenvalue weighted by molar-refractivity contribution is 8.02. The second-order valence-electron chi connectivity index (χ2n) is 5.44. The van der Waals surface area contributed by atoms with Crippen molar-refractivity contribution in [3.8, 4) is 0 Å². The second-order valence-corrected chi connectivity index (χ2v) is 8.48. The molecule has 25 heavy (non-hydrogen) atoms. The Morgan fingerprint density at radius 2 is 1.20 bits per heavy atom. The number of nitrogens with one attached hydrogen (secondary N) is 1. The smallest absolute Gasteiger partial charge is 0.0923 e. The fourth-order valence-electron chi connectivity index (χ4n) is 2.51. The van der Waals surface area contributed by atoms with Gasteiger partial charge in [-0.2, -0.15) is 0 Å². The summed E-state index contributed by atoms with van der Waals surface area (Å²) in [5.74, 6) is 0. The standard InChI is InChI=1S/C20H13Cl2NS2/c21-13-5-9-15(10-6-13)24-19-17-3-1-2-4-18(17)23-20(19)25-16-11-7-14(22)8-12-16/h1-12,23H. The normalized spacial score (nSPS) is 11.1. The van der Waals surface area contributed by atoms with Gasteiger partial charge in [-0.05, 0) is 54.6 Å². The number of rotatable bonds is 4. The van der Waals surface area contributed by atoms with E-state index in [4.69, 9.17) is 23.2 Å². The number of H-pyrrole nitrogens is 1. The molecule has 0 saturated carbocycles. The highest BCUT2D eigenvalue weighted by Crippen LogP contribution is 2.43. The Balaban J connectivity index is 1.74. The molecule has 5 heteroatoms. The van der Waals surface area contributed by atoms with Crippen molar-refractivity contribution in [2.24, 2.45) is 0 Å². The molecule has 0 unspecified atom stereocenters. The minimum absolute atomic E-state index is 0.747. The molecule has 4 aromatic rings. The zero-order valence-electron chi connectivity index (χ0n) is 13.0. The van der Waals surface area contributed by atoms with E-state index >= 15 is 0 Å². The molecule has 0 aliphatic carbocycles. The molecule has 1 nitrogen and oxygen atoms in total. The maximum atomic E-state index is 6.01. The van der Waals surface area contributed by atoms with E-state index < -0.39 is 0 Å². The Labute approximate surface area is 164 Å². The summed E-state index contributed by atoms with van der Waals surface area (Å²) in [5, 5.41) is 3.85. The third-order valence-corrected chi connectivity index (χ3v) is 6.48. The van der Waals surface area contributed by atoms with E-state index in [9.17, 15) is 0 Å². The lowest BCUT2D eigenvalue weighted by atomic mass is 10.2. The molecule has 0 radical (unpaired) electrons. The van der Waals surface area contributed by atoms with Crippen molar-refractivity contribution in [2.45, 2.75) is 19.7 Å². The summed E-state index contributed by atoms with van der Waals surface area (Å²) in [6, 6.07) is 24.2. The molecule has 0 fully saturated rings. The summed E-state index contributed by atoms with van der Waals surface area (Å²) < 4.78 is 0. The highest BCUT2D eigenvalue weighted by Gasteiger charge is 2.14. The third kappa shape index (κ3) is 3.85. The second kappa shape index (κ2) is 7.38. The summed E-state index contributed by atoms with van der Waals surface area (Å²) in [6.45, 7) is 0. The first kappa shape index (κ1) is 16.9. The largest absolute Gasteiger partial charge is 0.348 e. The quantitative estimate of drug-likeness (QED) is 0.375. The lowest BCUT2D eigenvalue weighted by molar-refractivity contribution is 1.14. The van der Waals surface area contributed by atoms with E-state index in [2.05, 4.69) is 23.2 Å². The molecule has 0 atom stereocenters. The zero-order chi connectivity index (χ0) is 17.2. The minimum Gasteiger partial charge on any atom is -0.348 e. The molecule has 0 saturated heterocycles. The van der Waals surface area contributed by atoms with E-state index in [0.717, 1.165) is 30.4 Å². The molecule has 3 aromatic carbocycles. The van der Waals surface area contributed by atoms with Gasteiger partial charge in [-0.15, -0.1) is 0 Å². The van der Waals surface area contributed by atoms with Crippen molar-refractivity contribution in [1.82, 2.24) is 4.98 Å². The number of aromatic amines is 1. The van der Waals surface area contributed by atoms with Gasteiger partial charge in [-0.3, -0.25) is 0 Å². The SMILES string of the molecule is Clc1ccc(Sc2[nH]c3ccccc3c2Sc2ccc(Cl)cc2)cc1. The Kier molecular flexibility index (Phi) is 5.00. The van der Waals surface area contributed by atoms with Crippen molar-refractivity contribution in [3.63, 3.8) is 0 Å². The van der Waals surface area contributed by atoms with Gasteiger partial charge in [-0.1, -0.05) is 64.9 Å². The number of hydrogen-bond acceptors (Lipinski definition) is 2. The Morgan fingerprint density at radius 1 is 0.640 bits per heavy atom. The van der Waals surface area contributed by atoms with Gasteiger partial charge in [0.05, 0.1) is 9.92 Å². The molecular formula is C20H13Cl2NS2. The van der Waals surface area contributed by atoms with Crippen molar-refractivity contribution >= 4 is 57.6 Å². The van der Waals surface area contributed by atoms with Crippen LogP contribution in [0.25, 0.3) is 10.9 Å². The van der Waals surface area contributed by atoms with Gasteiger partial charge in [-0.25, -0.2) is 0 Å². The molecule has 1 N–H and O–H groups in total. The number of hydrogen-bond donors (Lipinski definition) is 1. The van der Waals surface area contributed by atoms with Crippen LogP contribution in [0.1, 0.15) is 0 Å². The first-order chi connectivity index (χ1) is 12.2. The van der Waals surface area contributed by atoms with Crippen molar-refractivity contribution in [1.29, 1.82) is 0 Å². The minimum atomic E-state index is 0.747. The molecule has 1 aromatic heterocycles. The summed E-state index contributed by atoms with van der Waals surface area (Å²) in [6.07, 6.45) is 0. The van der Waals surface area contributed by atoms with Crippen LogP contribution < -0.4 is 0 Å². The van der Waals surface area contributed by atoms with Crippen LogP contribution in [-0.2, 0) is 0 Å². The van der Waals surface area contributed by atoms with Gasteiger partial charge in [0.25, 0.3) is 0 Å². The van der Waals surface area contributed by atoms with Gasteiger partial charge >= 0.3 is 0 Å². The van der Waals surface area contributed by atoms with Crippen LogP contribution in [0.5, 0.6) is 0 Å². The van der Waals surface area contributed by atoms with Crippen LogP contribution in [0.4, 0.5) is 0 Å². The maximum Gasteiger partial charge on any atom is 0.0923 e. The predicted molar refractivity (Wildman–Crippen MR) is 109 cm³/mol. The van der Waals surface area contributed by atoms with Crippen LogP contribution in [0, 0.1) is 0 Å². The predicted octanol–water partition coefficient (Wildman–Crippen LogP) is 7.78. The van der Waals surface area contributed by atoms with Gasteiger partial charge in [0, 0.05) is 30.7 Å². The van der Waals surface area contributed by atoms with E-state index in [1.807, 2.05) is 54.6 Å². The number of fused-ring (bicyclic) bond motifs is 1. The number of benzene rings is 3. The average molecular weight is 402 g/mol. The number of para-hydroxylation sites is 1. The third-order valence-electron chi connectivity index (χ3n) is 3.69. The molecule has 124 valence electrons. The van der Waals surface area contributed by atoms with Crippen LogP contribution >= 0.6 is 46.7 Å².